The number of aromatic nitrogens is 2. The average Bonchev–Trinajstić information content (AvgIpc) is 2.80. The summed E-state index contributed by atoms with van der Waals surface area (Å²) in [5.74, 6) is 0. The summed E-state index contributed by atoms with van der Waals surface area (Å²) in [5.41, 5.74) is 7.32. The van der Waals surface area contributed by atoms with Crippen LogP contribution in [0, 0.1) is 0 Å². The maximum atomic E-state index is 4.04. The van der Waals surface area contributed by atoms with E-state index in [0.29, 0.717) is 0 Å². The fraction of sp³-hybridized carbons (Fsp3) is 0.0370. The third-order valence-corrected chi connectivity index (χ3v) is 4.72. The quantitative estimate of drug-likeness (QED) is 0.390. The van der Waals surface area contributed by atoms with Gasteiger partial charge in [0.1, 0.15) is 0 Å². The van der Waals surface area contributed by atoms with Gasteiger partial charge in [0.05, 0.1) is 0 Å². The molecule has 2 heteroatoms. The van der Waals surface area contributed by atoms with Crippen molar-refractivity contribution in [3.63, 3.8) is 0 Å². The van der Waals surface area contributed by atoms with Gasteiger partial charge in [-0.1, -0.05) is 72.8 Å². The van der Waals surface area contributed by atoms with Gasteiger partial charge in [0.15, 0.2) is 0 Å². The predicted molar refractivity (Wildman–Crippen MR) is 122 cm³/mol. The van der Waals surface area contributed by atoms with E-state index in [9.17, 15) is 0 Å². The highest BCUT2D eigenvalue weighted by Gasteiger charge is 1.97. The lowest BCUT2D eigenvalue weighted by Crippen LogP contribution is -1.88. The van der Waals surface area contributed by atoms with Crippen LogP contribution in [0.1, 0.15) is 33.4 Å². The summed E-state index contributed by atoms with van der Waals surface area (Å²) in [6, 6.07) is 25.5. The number of hydrogen-bond acceptors (Lipinski definition) is 2. The van der Waals surface area contributed by atoms with Crippen molar-refractivity contribution >= 4 is 24.3 Å². The molecule has 0 N–H and O–H groups in total. The van der Waals surface area contributed by atoms with Gasteiger partial charge in [-0.15, -0.1) is 0 Å². The molecule has 140 valence electrons. The molecular weight excluding hydrogens is 352 g/mol. The first-order chi connectivity index (χ1) is 14.3. The molecule has 2 aromatic carbocycles. The molecule has 0 bridgehead atoms. The van der Waals surface area contributed by atoms with Crippen LogP contribution in [-0.2, 0) is 6.42 Å². The minimum atomic E-state index is 0.933. The van der Waals surface area contributed by atoms with E-state index >= 15 is 0 Å². The van der Waals surface area contributed by atoms with Gasteiger partial charge in [0.2, 0.25) is 0 Å². The maximum Gasteiger partial charge on any atom is 0.0273 e. The molecule has 0 aliphatic heterocycles. The van der Waals surface area contributed by atoms with Crippen LogP contribution in [0.5, 0.6) is 0 Å². The highest BCUT2D eigenvalue weighted by Crippen LogP contribution is 2.15. The van der Waals surface area contributed by atoms with Crippen LogP contribution >= 0.6 is 0 Å². The predicted octanol–water partition coefficient (Wildman–Crippen LogP) is 6.41. The first kappa shape index (κ1) is 18.6. The van der Waals surface area contributed by atoms with Crippen molar-refractivity contribution in [2.45, 2.75) is 6.42 Å². The molecule has 4 rings (SSSR count). The molecule has 0 radical (unpaired) electrons. The highest BCUT2D eigenvalue weighted by molar-refractivity contribution is 5.70. The molecule has 0 saturated heterocycles. The number of pyridine rings is 2. The van der Waals surface area contributed by atoms with E-state index in [1.807, 2.05) is 49.1 Å². The largest absolute Gasteiger partial charge is 0.265 e. The monoisotopic (exact) mass is 374 g/mol. The summed E-state index contributed by atoms with van der Waals surface area (Å²) in [5, 5.41) is 0. The normalized spacial score (nSPS) is 11.3. The molecule has 0 saturated carbocycles. The SMILES string of the molecule is C(=C\c1ccc(Cc2ccc(/C=C/c3ccncc3)cc2)cc1)/c1ccncc1. The van der Waals surface area contributed by atoms with E-state index < -0.39 is 0 Å². The minimum absolute atomic E-state index is 0.933. The summed E-state index contributed by atoms with van der Waals surface area (Å²) >= 11 is 0. The van der Waals surface area contributed by atoms with Crippen LogP contribution in [0.15, 0.2) is 97.6 Å². The Morgan fingerprint density at radius 1 is 0.414 bits per heavy atom. The Kier molecular flexibility index (Phi) is 6.04. The standard InChI is InChI=1S/C27H22N2/c1(3-24-13-17-28-18-14-24)22-5-9-26(10-6-22)21-27-11-7-23(8-12-27)2-4-25-15-19-29-20-16-25/h1-20H,21H2/b3-1+,4-2+. The fourth-order valence-electron chi connectivity index (χ4n) is 3.06. The van der Waals surface area contributed by atoms with Gasteiger partial charge < -0.3 is 0 Å². The molecule has 0 spiro atoms. The Labute approximate surface area is 171 Å². The number of nitrogens with zero attached hydrogens (tertiary/aromatic N) is 2. The van der Waals surface area contributed by atoms with Crippen LogP contribution < -0.4 is 0 Å². The minimum Gasteiger partial charge on any atom is -0.265 e. The molecule has 0 unspecified atom stereocenters. The molecule has 0 amide bonds. The second-order valence-electron chi connectivity index (χ2n) is 6.89. The van der Waals surface area contributed by atoms with Crippen molar-refractivity contribution in [1.82, 2.24) is 9.97 Å². The Morgan fingerprint density at radius 3 is 1.07 bits per heavy atom. The molecule has 2 aromatic heterocycles. The third kappa shape index (κ3) is 5.60. The van der Waals surface area contributed by atoms with Crippen LogP contribution in [0.25, 0.3) is 24.3 Å². The van der Waals surface area contributed by atoms with E-state index in [0.717, 1.165) is 17.5 Å². The van der Waals surface area contributed by atoms with Crippen LogP contribution in [0.4, 0.5) is 0 Å². The molecule has 0 aliphatic carbocycles. The molecule has 29 heavy (non-hydrogen) atoms. The number of rotatable bonds is 6. The summed E-state index contributed by atoms with van der Waals surface area (Å²) < 4.78 is 0. The van der Waals surface area contributed by atoms with E-state index in [-0.39, 0.29) is 0 Å². The van der Waals surface area contributed by atoms with Crippen molar-refractivity contribution in [3.05, 3.63) is 131 Å². The zero-order chi connectivity index (χ0) is 19.7. The van der Waals surface area contributed by atoms with Crippen molar-refractivity contribution < 1.29 is 0 Å². The molecule has 2 nitrogen and oxygen atoms in total. The van der Waals surface area contributed by atoms with Crippen LogP contribution in [0.2, 0.25) is 0 Å². The van der Waals surface area contributed by atoms with Gasteiger partial charge in [-0.3, -0.25) is 9.97 Å². The first-order valence-electron chi connectivity index (χ1n) is 9.69. The zero-order valence-electron chi connectivity index (χ0n) is 16.1. The smallest absolute Gasteiger partial charge is 0.0273 e. The summed E-state index contributed by atoms with van der Waals surface area (Å²) in [7, 11) is 0. The lowest BCUT2D eigenvalue weighted by Gasteiger charge is -2.04. The lowest BCUT2D eigenvalue weighted by atomic mass is 10.0. The Bertz CT molecular complexity index is 988. The van der Waals surface area contributed by atoms with Crippen molar-refractivity contribution in [2.24, 2.45) is 0 Å². The molecule has 2 heterocycles. The Morgan fingerprint density at radius 2 is 0.724 bits per heavy atom. The molecule has 0 aliphatic rings. The van der Waals surface area contributed by atoms with Crippen LogP contribution in [-0.4, -0.2) is 9.97 Å². The molecule has 4 aromatic rings. The van der Waals surface area contributed by atoms with Gasteiger partial charge in [0.25, 0.3) is 0 Å². The van der Waals surface area contributed by atoms with Gasteiger partial charge in [-0.05, 0) is 64.1 Å². The van der Waals surface area contributed by atoms with E-state index in [1.165, 1.54) is 22.3 Å². The van der Waals surface area contributed by atoms with Gasteiger partial charge in [0, 0.05) is 24.8 Å². The zero-order valence-corrected chi connectivity index (χ0v) is 16.1. The van der Waals surface area contributed by atoms with Gasteiger partial charge >= 0.3 is 0 Å². The highest BCUT2D eigenvalue weighted by atomic mass is 14.6. The Balaban J connectivity index is 1.36. The van der Waals surface area contributed by atoms with E-state index in [2.05, 4.69) is 82.8 Å². The van der Waals surface area contributed by atoms with E-state index in [4.69, 9.17) is 0 Å². The van der Waals surface area contributed by atoms with Gasteiger partial charge in [-0.25, -0.2) is 0 Å². The number of benzene rings is 2. The molecular formula is C27H22N2. The van der Waals surface area contributed by atoms with Gasteiger partial charge in [-0.2, -0.15) is 0 Å². The third-order valence-electron chi connectivity index (χ3n) is 4.72. The topological polar surface area (TPSA) is 25.8 Å². The summed E-state index contributed by atoms with van der Waals surface area (Å²) in [4.78, 5) is 8.08. The van der Waals surface area contributed by atoms with Crippen molar-refractivity contribution in [2.75, 3.05) is 0 Å². The maximum absolute atomic E-state index is 4.04. The molecule has 0 fully saturated rings. The lowest BCUT2D eigenvalue weighted by molar-refractivity contribution is 1.19. The second-order valence-corrected chi connectivity index (χ2v) is 6.89. The number of hydrogen-bond donors (Lipinski definition) is 0. The van der Waals surface area contributed by atoms with E-state index in [1.54, 1.807) is 0 Å². The van der Waals surface area contributed by atoms with Crippen molar-refractivity contribution in [3.8, 4) is 0 Å². The Hall–Kier alpha value is -3.78. The first-order valence-corrected chi connectivity index (χ1v) is 9.69. The fourth-order valence-corrected chi connectivity index (χ4v) is 3.06. The van der Waals surface area contributed by atoms with Crippen molar-refractivity contribution in [1.29, 1.82) is 0 Å². The summed E-state index contributed by atoms with van der Waals surface area (Å²) in [6.45, 7) is 0. The molecule has 0 atom stereocenters. The second kappa shape index (κ2) is 9.43. The summed E-state index contributed by atoms with van der Waals surface area (Å²) in [6.07, 6.45) is 16.6. The average molecular weight is 374 g/mol. The van der Waals surface area contributed by atoms with Crippen LogP contribution in [0.3, 0.4) is 0 Å².